The Morgan fingerprint density at radius 3 is 2.80 bits per heavy atom. The molecule has 1 aromatic carbocycles. The van der Waals surface area contributed by atoms with E-state index in [0.717, 1.165) is 18.6 Å². The van der Waals surface area contributed by atoms with E-state index >= 15 is 0 Å². The molecule has 1 spiro atoms. The number of ether oxygens (including phenoxy) is 2. The maximum atomic E-state index is 12.3. The first-order valence-electron chi connectivity index (χ1n) is 8.73. The second-order valence-electron chi connectivity index (χ2n) is 6.64. The Labute approximate surface area is 147 Å². The number of hydrogen-bond acceptors (Lipinski definition) is 4. The number of carbonyl (C=O) groups is 2. The first-order chi connectivity index (χ1) is 12.1. The lowest BCUT2D eigenvalue weighted by molar-refractivity contribution is 0.0453. The molecular formula is C18H25N3O4. The number of nitrogens with one attached hydrogen (secondary N) is 1. The third kappa shape index (κ3) is 4.35. The Morgan fingerprint density at radius 2 is 2.08 bits per heavy atom. The molecule has 3 rings (SSSR count). The number of rotatable bonds is 4. The third-order valence-electron chi connectivity index (χ3n) is 4.72. The summed E-state index contributed by atoms with van der Waals surface area (Å²) in [5.74, 6) is 0.792. The first kappa shape index (κ1) is 17.4. The van der Waals surface area contributed by atoms with Crippen molar-refractivity contribution in [1.29, 1.82) is 0 Å². The number of para-hydroxylation sites is 1. The van der Waals surface area contributed by atoms with Gasteiger partial charge in [-0.25, -0.2) is 9.59 Å². The summed E-state index contributed by atoms with van der Waals surface area (Å²) in [7, 11) is 1.75. The molecule has 1 atom stereocenters. The molecule has 0 aromatic heterocycles. The van der Waals surface area contributed by atoms with Crippen molar-refractivity contribution < 1.29 is 19.1 Å². The van der Waals surface area contributed by atoms with E-state index in [4.69, 9.17) is 9.47 Å². The van der Waals surface area contributed by atoms with Gasteiger partial charge >= 0.3 is 12.1 Å². The van der Waals surface area contributed by atoms with Gasteiger partial charge in [-0.15, -0.1) is 0 Å². The third-order valence-corrected chi connectivity index (χ3v) is 4.72. The van der Waals surface area contributed by atoms with E-state index in [-0.39, 0.29) is 12.1 Å². The molecule has 2 aliphatic rings. The summed E-state index contributed by atoms with van der Waals surface area (Å²) in [6.07, 6.45) is 2.03. The highest BCUT2D eigenvalue weighted by atomic mass is 16.6. The Hall–Kier alpha value is -2.44. The van der Waals surface area contributed by atoms with E-state index in [9.17, 15) is 9.59 Å². The molecule has 136 valence electrons. The summed E-state index contributed by atoms with van der Waals surface area (Å²) in [5, 5.41) is 2.89. The molecule has 0 aliphatic carbocycles. The van der Waals surface area contributed by atoms with Crippen LogP contribution < -0.4 is 10.1 Å². The van der Waals surface area contributed by atoms with Crippen molar-refractivity contribution in [3.8, 4) is 5.75 Å². The van der Waals surface area contributed by atoms with Gasteiger partial charge in [0.2, 0.25) is 0 Å². The predicted molar refractivity (Wildman–Crippen MR) is 92.6 cm³/mol. The summed E-state index contributed by atoms with van der Waals surface area (Å²) < 4.78 is 11.1. The van der Waals surface area contributed by atoms with Crippen LogP contribution in [-0.2, 0) is 4.74 Å². The Balaban J connectivity index is 1.41. The van der Waals surface area contributed by atoms with Crippen LogP contribution >= 0.6 is 0 Å². The SMILES string of the molecule is CN1C[C@@]2(CCCN(C(=O)NCCOc3ccccc3)CC2)OC1=O. The second kappa shape index (κ2) is 7.63. The molecule has 2 fully saturated rings. The Bertz CT molecular complexity index is 610. The van der Waals surface area contributed by atoms with Crippen molar-refractivity contribution in [3.63, 3.8) is 0 Å². The zero-order valence-electron chi connectivity index (χ0n) is 14.6. The van der Waals surface area contributed by atoms with Crippen LogP contribution in [0.2, 0.25) is 0 Å². The van der Waals surface area contributed by atoms with Crippen molar-refractivity contribution in [1.82, 2.24) is 15.1 Å². The van der Waals surface area contributed by atoms with Gasteiger partial charge in [0, 0.05) is 26.6 Å². The van der Waals surface area contributed by atoms with Gasteiger partial charge < -0.3 is 24.6 Å². The quantitative estimate of drug-likeness (QED) is 0.847. The topological polar surface area (TPSA) is 71.1 Å². The molecule has 7 heteroatoms. The van der Waals surface area contributed by atoms with E-state index in [2.05, 4.69) is 5.32 Å². The molecule has 2 saturated heterocycles. The predicted octanol–water partition coefficient (Wildman–Crippen LogP) is 2.08. The van der Waals surface area contributed by atoms with E-state index in [1.807, 2.05) is 30.3 Å². The van der Waals surface area contributed by atoms with Gasteiger partial charge in [0.05, 0.1) is 13.1 Å². The number of benzene rings is 1. The minimum absolute atomic E-state index is 0.0913. The van der Waals surface area contributed by atoms with Gasteiger partial charge in [-0.1, -0.05) is 18.2 Å². The molecule has 1 aromatic rings. The lowest BCUT2D eigenvalue weighted by Gasteiger charge is -2.25. The number of carbonyl (C=O) groups excluding carboxylic acids is 2. The van der Waals surface area contributed by atoms with Crippen LogP contribution in [0.3, 0.4) is 0 Å². The first-order valence-corrected chi connectivity index (χ1v) is 8.73. The zero-order valence-corrected chi connectivity index (χ0v) is 14.6. The highest BCUT2D eigenvalue weighted by Crippen LogP contribution is 2.32. The molecule has 2 aliphatic heterocycles. The number of nitrogens with zero attached hydrogens (tertiary/aromatic N) is 2. The van der Waals surface area contributed by atoms with Crippen LogP contribution in [0.4, 0.5) is 9.59 Å². The monoisotopic (exact) mass is 347 g/mol. The highest BCUT2D eigenvalue weighted by Gasteiger charge is 2.44. The fourth-order valence-corrected chi connectivity index (χ4v) is 3.38. The minimum Gasteiger partial charge on any atom is -0.492 e. The Kier molecular flexibility index (Phi) is 5.31. The van der Waals surface area contributed by atoms with Gasteiger partial charge in [-0.05, 0) is 25.0 Å². The van der Waals surface area contributed by atoms with Gasteiger partial charge in [0.15, 0.2) is 0 Å². The van der Waals surface area contributed by atoms with Crippen LogP contribution in [-0.4, -0.2) is 67.4 Å². The van der Waals surface area contributed by atoms with Crippen LogP contribution in [0, 0.1) is 0 Å². The van der Waals surface area contributed by atoms with Crippen molar-refractivity contribution in [3.05, 3.63) is 30.3 Å². The van der Waals surface area contributed by atoms with Crippen molar-refractivity contribution in [2.24, 2.45) is 0 Å². The standard InChI is InChI=1S/C18H25N3O4/c1-20-14-18(25-17(20)23)8-5-11-21(12-9-18)16(22)19-10-13-24-15-6-3-2-4-7-15/h2-4,6-7H,5,8-14H2,1H3,(H,19,22)/t18-/m0/s1. The molecule has 3 amide bonds. The molecule has 0 radical (unpaired) electrons. The molecule has 0 unspecified atom stereocenters. The summed E-state index contributed by atoms with van der Waals surface area (Å²) in [6.45, 7) is 2.75. The zero-order chi connectivity index (χ0) is 17.7. The summed E-state index contributed by atoms with van der Waals surface area (Å²) in [5.41, 5.74) is -0.433. The number of hydrogen-bond donors (Lipinski definition) is 1. The average molecular weight is 347 g/mol. The van der Waals surface area contributed by atoms with Crippen LogP contribution in [0.25, 0.3) is 0 Å². The lowest BCUT2D eigenvalue weighted by atomic mass is 9.95. The normalized spacial score (nSPS) is 23.3. The number of amides is 3. The van der Waals surface area contributed by atoms with Crippen LogP contribution in [0.1, 0.15) is 19.3 Å². The van der Waals surface area contributed by atoms with Crippen molar-refractivity contribution in [2.75, 3.05) is 39.8 Å². The number of urea groups is 1. The average Bonchev–Trinajstić information content (AvgIpc) is 2.77. The van der Waals surface area contributed by atoms with E-state index in [1.165, 1.54) is 0 Å². The molecule has 0 saturated carbocycles. The van der Waals surface area contributed by atoms with E-state index < -0.39 is 5.60 Å². The molecule has 0 bridgehead atoms. The van der Waals surface area contributed by atoms with Gasteiger partial charge in [0.25, 0.3) is 0 Å². The van der Waals surface area contributed by atoms with Crippen LogP contribution in [0.5, 0.6) is 5.75 Å². The summed E-state index contributed by atoms with van der Waals surface area (Å²) >= 11 is 0. The second-order valence-corrected chi connectivity index (χ2v) is 6.64. The fourth-order valence-electron chi connectivity index (χ4n) is 3.38. The van der Waals surface area contributed by atoms with E-state index in [1.54, 1.807) is 16.8 Å². The Morgan fingerprint density at radius 1 is 1.28 bits per heavy atom. The van der Waals surface area contributed by atoms with Gasteiger partial charge in [-0.3, -0.25) is 0 Å². The van der Waals surface area contributed by atoms with E-state index in [0.29, 0.717) is 39.2 Å². The van der Waals surface area contributed by atoms with Gasteiger partial charge in [0.1, 0.15) is 18.0 Å². The number of likely N-dealkylation sites (N-methyl/N-ethyl adjacent to an activating group) is 1. The number of likely N-dealkylation sites (tertiary alicyclic amines) is 1. The molecule has 7 nitrogen and oxygen atoms in total. The molecule has 2 heterocycles. The maximum Gasteiger partial charge on any atom is 0.410 e. The van der Waals surface area contributed by atoms with Crippen molar-refractivity contribution >= 4 is 12.1 Å². The molecular weight excluding hydrogens is 322 g/mol. The minimum atomic E-state index is -0.433. The van der Waals surface area contributed by atoms with Crippen molar-refractivity contribution in [2.45, 2.75) is 24.9 Å². The smallest absolute Gasteiger partial charge is 0.410 e. The lowest BCUT2D eigenvalue weighted by Crippen LogP contribution is -2.43. The molecule has 25 heavy (non-hydrogen) atoms. The fraction of sp³-hybridized carbons (Fsp3) is 0.556. The highest BCUT2D eigenvalue weighted by molar-refractivity contribution is 5.74. The van der Waals surface area contributed by atoms with Gasteiger partial charge in [-0.2, -0.15) is 0 Å². The van der Waals surface area contributed by atoms with Crippen LogP contribution in [0.15, 0.2) is 30.3 Å². The largest absolute Gasteiger partial charge is 0.492 e. The summed E-state index contributed by atoms with van der Waals surface area (Å²) in [6, 6.07) is 9.43. The summed E-state index contributed by atoms with van der Waals surface area (Å²) in [4.78, 5) is 27.4. The molecule has 1 N–H and O–H groups in total. The maximum absolute atomic E-state index is 12.3.